The Morgan fingerprint density at radius 3 is 1.03 bits per heavy atom. The molecule has 0 spiro atoms. The van der Waals surface area contributed by atoms with Crippen molar-refractivity contribution in [2.75, 3.05) is 24.7 Å². The third-order valence-corrected chi connectivity index (χ3v) is 14.7. The van der Waals surface area contributed by atoms with Gasteiger partial charge in [0, 0.05) is 36.2 Å². The maximum absolute atomic E-state index is 14.0. The van der Waals surface area contributed by atoms with Crippen molar-refractivity contribution in [2.24, 2.45) is 0 Å². The quantitative estimate of drug-likeness (QED) is 0.0302. The Kier molecular flexibility index (Phi) is 16.2. The second-order valence-electron chi connectivity index (χ2n) is 16.8. The molecule has 4 unspecified atom stereocenters. The third kappa shape index (κ3) is 12.0. The van der Waals surface area contributed by atoms with Crippen LogP contribution in [0, 0.1) is 0 Å². The van der Waals surface area contributed by atoms with Crippen LogP contribution in [0.1, 0.15) is 45.2 Å². The second-order valence-corrected chi connectivity index (χ2v) is 19.3. The molecule has 0 heterocycles. The van der Waals surface area contributed by atoms with Gasteiger partial charge in [-0.05, 0) is 55.6 Å². The van der Waals surface area contributed by atoms with E-state index in [1.807, 2.05) is 97.1 Å². The molecule has 16 heteroatoms. The van der Waals surface area contributed by atoms with Crippen molar-refractivity contribution in [3.63, 3.8) is 0 Å². The zero-order chi connectivity index (χ0) is 49.0. The molecule has 8 rings (SSSR count). The van der Waals surface area contributed by atoms with E-state index in [0.717, 1.165) is 66.1 Å². The maximum Gasteiger partial charge on any atom is 0.407 e. The van der Waals surface area contributed by atoms with Gasteiger partial charge in [0.25, 0.3) is 0 Å². The molecule has 2 aliphatic rings. The van der Waals surface area contributed by atoms with Crippen LogP contribution in [0.25, 0.3) is 22.3 Å². The Morgan fingerprint density at radius 2 is 0.714 bits per heavy atom. The number of carbonyl (C=O) groups excluding carboxylic acids is 4. The van der Waals surface area contributed by atoms with E-state index in [0.29, 0.717) is 11.1 Å². The number of rotatable bonds is 21. The Bertz CT molecular complexity index is 2570. The van der Waals surface area contributed by atoms with Crippen molar-refractivity contribution in [2.45, 2.75) is 48.8 Å². The molecule has 6 aromatic rings. The number of carboxylic acid groups (broad SMARTS) is 2. The van der Waals surface area contributed by atoms with E-state index in [4.69, 9.17) is 9.47 Å². The number of hydrogen-bond acceptors (Lipinski definition) is 10. The van der Waals surface area contributed by atoms with E-state index < -0.39 is 60.1 Å². The van der Waals surface area contributed by atoms with E-state index in [9.17, 15) is 39.0 Å². The van der Waals surface area contributed by atoms with Crippen LogP contribution in [0.4, 0.5) is 9.59 Å². The zero-order valence-electron chi connectivity index (χ0n) is 37.7. The van der Waals surface area contributed by atoms with E-state index in [1.54, 1.807) is 60.7 Å². The summed E-state index contributed by atoms with van der Waals surface area (Å²) in [7, 11) is 2.13. The Morgan fingerprint density at radius 1 is 0.414 bits per heavy atom. The van der Waals surface area contributed by atoms with Crippen molar-refractivity contribution in [1.82, 2.24) is 21.3 Å². The molecular formula is C54H50N4O10S2. The van der Waals surface area contributed by atoms with E-state index in [-0.39, 0.29) is 49.4 Å². The van der Waals surface area contributed by atoms with Gasteiger partial charge in [0.15, 0.2) is 0 Å². The average Bonchev–Trinajstić information content (AvgIpc) is 3.87. The lowest BCUT2D eigenvalue weighted by atomic mass is 9.98. The van der Waals surface area contributed by atoms with Crippen molar-refractivity contribution >= 4 is 57.5 Å². The van der Waals surface area contributed by atoms with Crippen LogP contribution in [-0.4, -0.2) is 95.0 Å². The minimum absolute atomic E-state index is 0.0264. The molecule has 6 aromatic carbocycles. The van der Waals surface area contributed by atoms with E-state index >= 15 is 0 Å². The smallest absolute Gasteiger partial charge is 0.407 e. The van der Waals surface area contributed by atoms with Crippen LogP contribution < -0.4 is 21.3 Å². The minimum atomic E-state index is -1.34. The summed E-state index contributed by atoms with van der Waals surface area (Å²) in [4.78, 5) is 79.9. The first-order valence-corrected chi connectivity index (χ1v) is 25.1. The first-order chi connectivity index (χ1) is 34.0. The molecule has 0 radical (unpaired) electrons. The second kappa shape index (κ2) is 23.2. The fourth-order valence-electron chi connectivity index (χ4n) is 8.81. The third-order valence-electron chi connectivity index (χ3n) is 12.3. The number of hydrogen-bond donors (Lipinski definition) is 6. The van der Waals surface area contributed by atoms with Crippen molar-refractivity contribution < 1.29 is 48.5 Å². The van der Waals surface area contributed by atoms with Gasteiger partial charge >= 0.3 is 24.1 Å². The number of fused-ring (bicyclic) bond motifs is 6. The van der Waals surface area contributed by atoms with Crippen LogP contribution in [0.3, 0.4) is 0 Å². The highest BCUT2D eigenvalue weighted by atomic mass is 33.1. The Balaban J connectivity index is 0.954. The number of ether oxygens (including phenoxy) is 2. The van der Waals surface area contributed by atoms with Crippen molar-refractivity contribution in [3.8, 4) is 22.3 Å². The van der Waals surface area contributed by atoms with Crippen LogP contribution in [0.15, 0.2) is 158 Å². The van der Waals surface area contributed by atoms with Crippen LogP contribution in [0.5, 0.6) is 0 Å². The van der Waals surface area contributed by atoms with Gasteiger partial charge < -0.3 is 41.0 Å². The summed E-state index contributed by atoms with van der Waals surface area (Å²) in [6, 6.07) is 43.6. The molecule has 70 heavy (non-hydrogen) atoms. The van der Waals surface area contributed by atoms with Gasteiger partial charge in [-0.25, -0.2) is 19.2 Å². The molecule has 4 atom stereocenters. The highest BCUT2D eigenvalue weighted by molar-refractivity contribution is 8.76. The highest BCUT2D eigenvalue weighted by Gasteiger charge is 2.34. The SMILES string of the molecule is O=C(NC(CSSCC(NC(=O)OCC1c2ccccc2-c2ccccc21)C(=O)NC(Cc1ccccc1)C(=O)O)C(=O)NC(Cc1ccccc1)C(=O)O)OCC1c2ccccc2-c2ccccc21. The molecule has 0 aromatic heterocycles. The minimum Gasteiger partial charge on any atom is -0.480 e. The number of carbonyl (C=O) groups is 6. The number of amides is 4. The van der Waals surface area contributed by atoms with Gasteiger partial charge in [0.1, 0.15) is 37.4 Å². The van der Waals surface area contributed by atoms with Gasteiger partial charge in [-0.2, -0.15) is 0 Å². The summed E-state index contributed by atoms with van der Waals surface area (Å²) in [6.07, 6.45) is -1.87. The summed E-state index contributed by atoms with van der Waals surface area (Å²) >= 11 is 0. The summed E-state index contributed by atoms with van der Waals surface area (Å²) in [6.45, 7) is -0.0798. The molecular weight excluding hydrogens is 929 g/mol. The molecule has 2 aliphatic carbocycles. The number of carboxylic acids is 2. The summed E-state index contributed by atoms with van der Waals surface area (Å²) in [5.41, 5.74) is 9.43. The average molecular weight is 979 g/mol. The number of benzene rings is 6. The van der Waals surface area contributed by atoms with Crippen LogP contribution >= 0.6 is 21.6 Å². The topological polar surface area (TPSA) is 209 Å². The number of alkyl carbamates (subject to hydrolysis) is 2. The fraction of sp³-hybridized carbons (Fsp3) is 0.222. The molecule has 0 fully saturated rings. The largest absolute Gasteiger partial charge is 0.480 e. The van der Waals surface area contributed by atoms with Gasteiger partial charge in [0.05, 0.1) is 0 Å². The molecule has 0 saturated carbocycles. The molecule has 0 aliphatic heterocycles. The predicted molar refractivity (Wildman–Crippen MR) is 268 cm³/mol. The fourth-order valence-corrected chi connectivity index (χ4v) is 11.1. The lowest BCUT2D eigenvalue weighted by Gasteiger charge is -2.23. The number of nitrogens with one attached hydrogen (secondary N) is 4. The van der Waals surface area contributed by atoms with Crippen LogP contribution in [-0.2, 0) is 41.5 Å². The maximum atomic E-state index is 14.0. The van der Waals surface area contributed by atoms with Crippen molar-refractivity contribution in [3.05, 3.63) is 191 Å². The molecule has 4 amide bonds. The highest BCUT2D eigenvalue weighted by Crippen LogP contribution is 2.45. The van der Waals surface area contributed by atoms with Crippen molar-refractivity contribution in [1.29, 1.82) is 0 Å². The van der Waals surface area contributed by atoms with E-state index in [2.05, 4.69) is 21.3 Å². The van der Waals surface area contributed by atoms with Gasteiger partial charge in [-0.15, -0.1) is 0 Å². The van der Waals surface area contributed by atoms with Gasteiger partial charge in [-0.1, -0.05) is 179 Å². The molecule has 0 saturated heterocycles. The van der Waals surface area contributed by atoms with E-state index in [1.165, 1.54) is 0 Å². The molecule has 358 valence electrons. The monoisotopic (exact) mass is 978 g/mol. The molecule has 0 bridgehead atoms. The standard InChI is InChI=1S/C54H50N4O10S2/c59-49(55-45(51(61)62)27-33-15-3-1-4-16-33)47(57-53(65)67-29-43-39-23-11-7-19-35(39)36-20-8-12-24-40(36)43)31-69-70-32-48(50(60)56-46(52(63)64)28-34-17-5-2-6-18-34)58-54(66)68-30-44-41-25-13-9-21-37(41)38-22-10-14-26-42(38)44/h1-26,43-48H,27-32H2,(H,55,59)(H,56,60)(H,57,65)(H,58,66)(H,61,62)(H,63,64). The summed E-state index contributed by atoms with van der Waals surface area (Å²) < 4.78 is 11.5. The first kappa shape index (κ1) is 48.9. The first-order valence-electron chi connectivity index (χ1n) is 22.7. The molecule has 14 nitrogen and oxygen atoms in total. The Labute approximate surface area is 412 Å². The Hall–Kier alpha value is -7.56. The van der Waals surface area contributed by atoms with Crippen LogP contribution in [0.2, 0.25) is 0 Å². The summed E-state index contributed by atoms with van der Waals surface area (Å²) in [5.74, 6) is -4.94. The summed E-state index contributed by atoms with van der Waals surface area (Å²) in [5, 5.41) is 30.6. The number of aliphatic carboxylic acids is 2. The lowest BCUT2D eigenvalue weighted by molar-refractivity contribution is -0.142. The lowest BCUT2D eigenvalue weighted by Crippen LogP contribution is -2.53. The van der Waals surface area contributed by atoms with Gasteiger partial charge in [0.2, 0.25) is 11.8 Å². The predicted octanol–water partition coefficient (Wildman–Crippen LogP) is 7.81. The molecule has 6 N–H and O–H groups in total. The normalized spacial score (nSPS) is 14.0. The van der Waals surface area contributed by atoms with Gasteiger partial charge in [-0.3, -0.25) is 9.59 Å². The zero-order valence-corrected chi connectivity index (χ0v) is 39.3.